The van der Waals surface area contributed by atoms with Gasteiger partial charge >= 0.3 is 5.97 Å². The highest BCUT2D eigenvalue weighted by molar-refractivity contribution is 5.99. The zero-order chi connectivity index (χ0) is 14.7. The molecule has 20 heavy (non-hydrogen) atoms. The maximum absolute atomic E-state index is 11.6. The molecule has 1 aromatic heterocycles. The van der Waals surface area contributed by atoms with Crippen LogP contribution in [-0.4, -0.2) is 35.1 Å². The SMILES string of the molecule is Cc1ccnc(N2CCC(CC(=O)O)CC2)c1C(N)=O. The van der Waals surface area contributed by atoms with Crippen LogP contribution in [-0.2, 0) is 4.79 Å². The number of carboxylic acid groups (broad SMARTS) is 1. The number of carbonyl (C=O) groups is 2. The summed E-state index contributed by atoms with van der Waals surface area (Å²) in [4.78, 5) is 28.6. The van der Waals surface area contributed by atoms with Crippen LogP contribution in [0.4, 0.5) is 5.82 Å². The Balaban J connectivity index is 2.13. The average Bonchev–Trinajstić information content (AvgIpc) is 2.38. The van der Waals surface area contributed by atoms with Gasteiger partial charge in [-0.25, -0.2) is 4.98 Å². The smallest absolute Gasteiger partial charge is 0.303 e. The van der Waals surface area contributed by atoms with Crippen molar-refractivity contribution in [2.45, 2.75) is 26.2 Å². The highest BCUT2D eigenvalue weighted by Gasteiger charge is 2.25. The molecule has 1 aliphatic heterocycles. The second kappa shape index (κ2) is 5.90. The first kappa shape index (κ1) is 14.3. The summed E-state index contributed by atoms with van der Waals surface area (Å²) < 4.78 is 0. The number of carbonyl (C=O) groups excluding carboxylic acids is 1. The van der Waals surface area contributed by atoms with Crippen molar-refractivity contribution in [2.24, 2.45) is 11.7 Å². The zero-order valence-corrected chi connectivity index (χ0v) is 11.5. The summed E-state index contributed by atoms with van der Waals surface area (Å²) in [6, 6.07) is 1.76. The number of primary amides is 1. The fraction of sp³-hybridized carbons (Fsp3) is 0.500. The van der Waals surface area contributed by atoms with Gasteiger partial charge in [-0.1, -0.05) is 0 Å². The monoisotopic (exact) mass is 277 g/mol. The third-order valence-electron chi connectivity index (χ3n) is 3.76. The van der Waals surface area contributed by atoms with Crippen molar-refractivity contribution >= 4 is 17.7 Å². The quantitative estimate of drug-likeness (QED) is 0.861. The Labute approximate surface area is 117 Å². The number of piperidine rings is 1. The zero-order valence-electron chi connectivity index (χ0n) is 11.5. The highest BCUT2D eigenvalue weighted by atomic mass is 16.4. The maximum Gasteiger partial charge on any atom is 0.303 e. The summed E-state index contributed by atoms with van der Waals surface area (Å²) >= 11 is 0. The van der Waals surface area contributed by atoms with Crippen molar-refractivity contribution in [2.75, 3.05) is 18.0 Å². The molecule has 2 heterocycles. The van der Waals surface area contributed by atoms with Crippen LogP contribution in [0.2, 0.25) is 0 Å². The van der Waals surface area contributed by atoms with Gasteiger partial charge in [0.15, 0.2) is 0 Å². The van der Waals surface area contributed by atoms with Crippen LogP contribution in [0.5, 0.6) is 0 Å². The van der Waals surface area contributed by atoms with Crippen molar-refractivity contribution in [3.8, 4) is 0 Å². The second-order valence-electron chi connectivity index (χ2n) is 5.22. The van der Waals surface area contributed by atoms with Gasteiger partial charge in [0.05, 0.1) is 5.56 Å². The second-order valence-corrected chi connectivity index (χ2v) is 5.22. The summed E-state index contributed by atoms with van der Waals surface area (Å²) in [7, 11) is 0. The minimum Gasteiger partial charge on any atom is -0.481 e. The third-order valence-corrected chi connectivity index (χ3v) is 3.76. The average molecular weight is 277 g/mol. The molecule has 1 aromatic rings. The number of aromatic nitrogens is 1. The van der Waals surface area contributed by atoms with Crippen molar-refractivity contribution in [3.05, 3.63) is 23.4 Å². The molecule has 0 radical (unpaired) electrons. The van der Waals surface area contributed by atoms with Gasteiger partial charge in [-0.2, -0.15) is 0 Å². The first-order valence-corrected chi connectivity index (χ1v) is 6.71. The number of rotatable bonds is 4. The molecule has 0 bridgehead atoms. The molecule has 3 N–H and O–H groups in total. The number of pyridine rings is 1. The van der Waals surface area contributed by atoms with E-state index in [9.17, 15) is 9.59 Å². The lowest BCUT2D eigenvalue weighted by atomic mass is 9.93. The highest BCUT2D eigenvalue weighted by Crippen LogP contribution is 2.27. The van der Waals surface area contributed by atoms with Crippen molar-refractivity contribution in [3.63, 3.8) is 0 Å². The molecular formula is C14H19N3O3. The minimum atomic E-state index is -0.755. The molecule has 2 rings (SSSR count). The first-order valence-electron chi connectivity index (χ1n) is 6.71. The molecule has 0 aromatic carbocycles. The van der Waals surface area contributed by atoms with Gasteiger partial charge in [-0.15, -0.1) is 0 Å². The Bertz CT molecular complexity index is 522. The normalized spacial score (nSPS) is 16.1. The topological polar surface area (TPSA) is 96.5 Å². The van der Waals surface area contributed by atoms with Gasteiger partial charge in [-0.3, -0.25) is 9.59 Å². The lowest BCUT2D eigenvalue weighted by molar-refractivity contribution is -0.138. The number of nitrogens with zero attached hydrogens (tertiary/aromatic N) is 2. The van der Waals surface area contributed by atoms with E-state index in [0.717, 1.165) is 18.4 Å². The number of aliphatic carboxylic acids is 1. The standard InChI is InChI=1S/C14H19N3O3/c1-9-2-5-16-14(12(9)13(15)20)17-6-3-10(4-7-17)8-11(18)19/h2,5,10H,3-4,6-8H2,1H3,(H2,15,20)(H,18,19). The molecule has 1 aliphatic rings. The lowest BCUT2D eigenvalue weighted by Crippen LogP contribution is -2.36. The van der Waals surface area contributed by atoms with Crippen LogP contribution in [0, 0.1) is 12.8 Å². The van der Waals surface area contributed by atoms with Crippen LogP contribution in [0.1, 0.15) is 35.2 Å². The Morgan fingerprint density at radius 2 is 2.10 bits per heavy atom. The molecule has 1 amide bonds. The number of amides is 1. The fourth-order valence-corrected chi connectivity index (χ4v) is 2.68. The number of carboxylic acids is 1. The van der Waals surface area contributed by atoms with E-state index in [4.69, 9.17) is 10.8 Å². The molecule has 0 spiro atoms. The summed E-state index contributed by atoms with van der Waals surface area (Å²) in [6.07, 6.45) is 3.46. The summed E-state index contributed by atoms with van der Waals surface area (Å²) in [5.74, 6) is -0.412. The number of aryl methyl sites for hydroxylation is 1. The Morgan fingerprint density at radius 3 is 2.65 bits per heavy atom. The number of nitrogens with two attached hydrogens (primary N) is 1. The molecule has 108 valence electrons. The predicted octanol–water partition coefficient (Wildman–Crippen LogP) is 1.18. The van der Waals surface area contributed by atoms with Gasteiger partial charge in [0.2, 0.25) is 0 Å². The van der Waals surface area contributed by atoms with Gasteiger partial charge in [-0.05, 0) is 37.3 Å². The van der Waals surface area contributed by atoms with E-state index in [1.807, 2.05) is 11.8 Å². The number of anilines is 1. The largest absolute Gasteiger partial charge is 0.481 e. The molecule has 6 heteroatoms. The van der Waals surface area contributed by atoms with Crippen molar-refractivity contribution < 1.29 is 14.7 Å². The molecule has 1 saturated heterocycles. The Morgan fingerprint density at radius 1 is 1.45 bits per heavy atom. The van der Waals surface area contributed by atoms with Crippen LogP contribution < -0.4 is 10.6 Å². The molecule has 0 unspecified atom stereocenters. The summed E-state index contributed by atoms with van der Waals surface area (Å²) in [5.41, 5.74) is 6.71. The Hall–Kier alpha value is -2.11. The van der Waals surface area contributed by atoms with Gasteiger partial charge in [0, 0.05) is 25.7 Å². The van der Waals surface area contributed by atoms with E-state index in [-0.39, 0.29) is 12.3 Å². The van der Waals surface area contributed by atoms with Crippen LogP contribution in [0.15, 0.2) is 12.3 Å². The maximum atomic E-state index is 11.6. The lowest BCUT2D eigenvalue weighted by Gasteiger charge is -2.33. The fourth-order valence-electron chi connectivity index (χ4n) is 2.68. The van der Waals surface area contributed by atoms with Gasteiger partial charge < -0.3 is 15.7 Å². The van der Waals surface area contributed by atoms with E-state index in [1.165, 1.54) is 0 Å². The number of hydrogen-bond donors (Lipinski definition) is 2. The summed E-state index contributed by atoms with van der Waals surface area (Å²) in [6.45, 7) is 3.24. The molecule has 1 fully saturated rings. The van der Waals surface area contributed by atoms with E-state index < -0.39 is 11.9 Å². The van der Waals surface area contributed by atoms with Crippen LogP contribution in [0.3, 0.4) is 0 Å². The predicted molar refractivity (Wildman–Crippen MR) is 74.7 cm³/mol. The molecule has 0 aliphatic carbocycles. The molecule has 0 atom stereocenters. The van der Waals surface area contributed by atoms with Gasteiger partial charge in [0.25, 0.3) is 5.91 Å². The van der Waals surface area contributed by atoms with Crippen molar-refractivity contribution in [1.82, 2.24) is 4.98 Å². The summed E-state index contributed by atoms with van der Waals surface area (Å²) in [5, 5.41) is 8.81. The number of hydrogen-bond acceptors (Lipinski definition) is 4. The van der Waals surface area contributed by atoms with E-state index >= 15 is 0 Å². The molecule has 0 saturated carbocycles. The third kappa shape index (κ3) is 3.07. The van der Waals surface area contributed by atoms with E-state index in [0.29, 0.717) is 24.5 Å². The first-order chi connectivity index (χ1) is 9.49. The molecule has 6 nitrogen and oxygen atoms in total. The van der Waals surface area contributed by atoms with Crippen LogP contribution in [0.25, 0.3) is 0 Å². The minimum absolute atomic E-state index is 0.200. The molecular weight excluding hydrogens is 258 g/mol. The van der Waals surface area contributed by atoms with E-state index in [2.05, 4.69) is 4.98 Å². The Kier molecular flexibility index (Phi) is 4.22. The van der Waals surface area contributed by atoms with Crippen molar-refractivity contribution in [1.29, 1.82) is 0 Å². The van der Waals surface area contributed by atoms with Gasteiger partial charge in [0.1, 0.15) is 5.82 Å². The van der Waals surface area contributed by atoms with Crippen LogP contribution >= 0.6 is 0 Å². The van der Waals surface area contributed by atoms with E-state index in [1.54, 1.807) is 12.3 Å².